The zero-order valence-electron chi connectivity index (χ0n) is 16.1. The number of halogens is 1. The van der Waals surface area contributed by atoms with Gasteiger partial charge in [-0.3, -0.25) is 14.5 Å². The number of benzene rings is 1. The van der Waals surface area contributed by atoms with Gasteiger partial charge in [-0.15, -0.1) is 11.6 Å². The minimum Gasteiger partial charge on any atom is -0.343 e. The number of Topliss-reactive ketones (excluding diaryl/α,β-unsaturated/α-hetero) is 1. The standard InChI is InChI=1S/C22H27ClN2O2/c1-3-5-9-17-16-10-7-8-11-18(16)25(20(26)15-23)19-12-14-24(13-6-4-2)21(19)22(17)27/h7-8,10-12,14,17H,3-6,9,13,15H2,1-2H3. The van der Waals surface area contributed by atoms with Crippen molar-refractivity contribution in [2.24, 2.45) is 0 Å². The van der Waals surface area contributed by atoms with Crippen LogP contribution in [0.25, 0.3) is 0 Å². The molecule has 0 bridgehead atoms. The topological polar surface area (TPSA) is 42.3 Å². The fraction of sp³-hybridized carbons (Fsp3) is 0.455. The van der Waals surface area contributed by atoms with E-state index < -0.39 is 0 Å². The van der Waals surface area contributed by atoms with Crippen molar-refractivity contribution in [3.05, 3.63) is 47.8 Å². The molecule has 27 heavy (non-hydrogen) atoms. The van der Waals surface area contributed by atoms with Crippen LogP contribution < -0.4 is 4.90 Å². The second-order valence-electron chi connectivity index (χ2n) is 7.08. The molecular formula is C22H27ClN2O2. The van der Waals surface area contributed by atoms with Crippen LogP contribution in [-0.2, 0) is 11.3 Å². The number of para-hydroxylation sites is 1. The molecule has 1 aromatic carbocycles. The summed E-state index contributed by atoms with van der Waals surface area (Å²) in [5.74, 6) is -0.454. The zero-order chi connectivity index (χ0) is 19.4. The Morgan fingerprint density at radius 2 is 1.81 bits per heavy atom. The van der Waals surface area contributed by atoms with Gasteiger partial charge in [0.05, 0.1) is 17.3 Å². The third kappa shape index (κ3) is 3.68. The molecule has 5 heteroatoms. The number of anilines is 2. The van der Waals surface area contributed by atoms with Crippen LogP contribution in [0.15, 0.2) is 36.5 Å². The molecule has 1 amide bonds. The molecule has 2 heterocycles. The van der Waals surface area contributed by atoms with Gasteiger partial charge in [-0.1, -0.05) is 51.3 Å². The molecule has 0 N–H and O–H groups in total. The average Bonchev–Trinajstić information content (AvgIpc) is 3.06. The normalized spacial score (nSPS) is 16.0. The van der Waals surface area contributed by atoms with Crippen LogP contribution in [0, 0.1) is 0 Å². The van der Waals surface area contributed by atoms with Crippen LogP contribution in [0.1, 0.15) is 67.9 Å². The third-order valence-electron chi connectivity index (χ3n) is 5.25. The van der Waals surface area contributed by atoms with E-state index in [2.05, 4.69) is 13.8 Å². The Kier molecular flexibility index (Phi) is 6.38. The second-order valence-corrected chi connectivity index (χ2v) is 7.34. The lowest BCUT2D eigenvalue weighted by molar-refractivity contribution is -0.115. The SMILES string of the molecule is CCCCC1C(=O)c2c(ccn2CCCC)N(C(=O)CCl)c2ccccc21. The highest BCUT2D eigenvalue weighted by Gasteiger charge is 2.36. The maximum Gasteiger partial charge on any atom is 0.246 e. The summed E-state index contributed by atoms with van der Waals surface area (Å²) in [6, 6.07) is 9.63. The molecule has 4 nitrogen and oxygen atoms in total. The Morgan fingerprint density at radius 3 is 2.52 bits per heavy atom. The molecule has 2 aromatic rings. The van der Waals surface area contributed by atoms with Gasteiger partial charge in [0.2, 0.25) is 5.91 Å². The van der Waals surface area contributed by atoms with E-state index in [1.54, 1.807) is 4.90 Å². The summed E-state index contributed by atoms with van der Waals surface area (Å²) in [5, 5.41) is 0. The van der Waals surface area contributed by atoms with E-state index in [1.165, 1.54) is 0 Å². The minimum atomic E-state index is -0.233. The van der Waals surface area contributed by atoms with Gasteiger partial charge in [-0.2, -0.15) is 0 Å². The number of aryl methyl sites for hydroxylation is 1. The summed E-state index contributed by atoms with van der Waals surface area (Å²) in [6.45, 7) is 5.04. The van der Waals surface area contributed by atoms with E-state index in [1.807, 2.05) is 41.1 Å². The Bertz CT molecular complexity index is 827. The predicted molar refractivity (Wildman–Crippen MR) is 110 cm³/mol. The number of carbonyl (C=O) groups excluding carboxylic acids is 2. The van der Waals surface area contributed by atoms with Gasteiger partial charge < -0.3 is 4.57 Å². The lowest BCUT2D eigenvalue weighted by atomic mass is 9.88. The highest BCUT2D eigenvalue weighted by Crippen LogP contribution is 2.43. The Hall–Kier alpha value is -2.07. The van der Waals surface area contributed by atoms with E-state index >= 15 is 0 Å². The quantitative estimate of drug-likeness (QED) is 0.576. The van der Waals surface area contributed by atoms with Crippen molar-refractivity contribution >= 4 is 34.7 Å². The van der Waals surface area contributed by atoms with Crippen LogP contribution in [0.2, 0.25) is 0 Å². The molecule has 0 radical (unpaired) electrons. The summed E-state index contributed by atoms with van der Waals surface area (Å²) in [7, 11) is 0. The summed E-state index contributed by atoms with van der Waals surface area (Å²) in [5.41, 5.74) is 3.00. The number of carbonyl (C=O) groups is 2. The van der Waals surface area contributed by atoms with Gasteiger partial charge in [-0.05, 0) is 30.5 Å². The molecule has 1 aliphatic heterocycles. The summed E-state index contributed by atoms with van der Waals surface area (Å²) in [6.07, 6.45) is 6.75. The summed E-state index contributed by atoms with van der Waals surface area (Å²) < 4.78 is 2.01. The number of rotatable bonds is 7. The number of fused-ring (bicyclic) bond motifs is 2. The Morgan fingerprint density at radius 1 is 1.07 bits per heavy atom. The Balaban J connectivity index is 2.21. The molecule has 1 atom stereocenters. The number of hydrogen-bond acceptors (Lipinski definition) is 2. The predicted octanol–water partition coefficient (Wildman–Crippen LogP) is 5.66. The number of amides is 1. The van der Waals surface area contributed by atoms with Gasteiger partial charge in [0.15, 0.2) is 5.78 Å². The number of alkyl halides is 1. The lowest BCUT2D eigenvalue weighted by Gasteiger charge is -2.23. The van der Waals surface area contributed by atoms with Gasteiger partial charge >= 0.3 is 0 Å². The van der Waals surface area contributed by atoms with E-state index in [9.17, 15) is 9.59 Å². The van der Waals surface area contributed by atoms with Crippen molar-refractivity contribution in [1.82, 2.24) is 4.57 Å². The van der Waals surface area contributed by atoms with E-state index in [0.717, 1.165) is 49.9 Å². The molecule has 0 saturated carbocycles. The first kappa shape index (κ1) is 19.7. The molecule has 0 spiro atoms. The molecule has 1 aliphatic rings. The molecule has 1 unspecified atom stereocenters. The summed E-state index contributed by atoms with van der Waals surface area (Å²) >= 11 is 5.94. The van der Waals surface area contributed by atoms with Crippen LogP contribution in [-0.4, -0.2) is 22.1 Å². The van der Waals surface area contributed by atoms with Gasteiger partial charge in [-0.25, -0.2) is 0 Å². The molecule has 1 aromatic heterocycles. The Labute approximate surface area is 166 Å². The van der Waals surface area contributed by atoms with Gasteiger partial charge in [0.1, 0.15) is 11.6 Å². The second kappa shape index (κ2) is 8.75. The number of aromatic nitrogens is 1. The fourth-order valence-electron chi connectivity index (χ4n) is 3.87. The average molecular weight is 387 g/mol. The number of unbranched alkanes of at least 4 members (excludes halogenated alkanes) is 2. The first-order chi connectivity index (χ1) is 13.1. The number of hydrogen-bond donors (Lipinski definition) is 0. The van der Waals surface area contributed by atoms with E-state index in [4.69, 9.17) is 11.6 Å². The maximum atomic E-state index is 13.6. The number of ketones is 1. The molecule has 0 fully saturated rings. The first-order valence-corrected chi connectivity index (χ1v) is 10.4. The fourth-order valence-corrected chi connectivity index (χ4v) is 3.99. The third-order valence-corrected chi connectivity index (χ3v) is 5.48. The number of nitrogens with zero attached hydrogens (tertiary/aromatic N) is 2. The van der Waals surface area contributed by atoms with Crippen molar-refractivity contribution in [2.75, 3.05) is 10.8 Å². The van der Waals surface area contributed by atoms with Crippen molar-refractivity contribution in [3.63, 3.8) is 0 Å². The van der Waals surface area contributed by atoms with Crippen LogP contribution in [0.5, 0.6) is 0 Å². The molecule has 144 valence electrons. The molecule has 0 aliphatic carbocycles. The lowest BCUT2D eigenvalue weighted by Crippen LogP contribution is -2.27. The van der Waals surface area contributed by atoms with Crippen LogP contribution >= 0.6 is 11.6 Å². The zero-order valence-corrected chi connectivity index (χ0v) is 16.8. The van der Waals surface area contributed by atoms with Crippen molar-refractivity contribution < 1.29 is 9.59 Å². The minimum absolute atomic E-state index is 0.108. The van der Waals surface area contributed by atoms with E-state index in [-0.39, 0.29) is 23.5 Å². The van der Waals surface area contributed by atoms with Crippen LogP contribution in [0.3, 0.4) is 0 Å². The first-order valence-electron chi connectivity index (χ1n) is 9.85. The summed E-state index contributed by atoms with van der Waals surface area (Å²) in [4.78, 5) is 28.0. The van der Waals surface area contributed by atoms with E-state index in [0.29, 0.717) is 11.4 Å². The van der Waals surface area contributed by atoms with Crippen molar-refractivity contribution in [1.29, 1.82) is 0 Å². The molecular weight excluding hydrogens is 360 g/mol. The molecule has 0 saturated heterocycles. The largest absolute Gasteiger partial charge is 0.343 e. The highest BCUT2D eigenvalue weighted by molar-refractivity contribution is 6.31. The van der Waals surface area contributed by atoms with Crippen molar-refractivity contribution in [2.45, 2.75) is 58.4 Å². The highest BCUT2D eigenvalue weighted by atomic mass is 35.5. The monoisotopic (exact) mass is 386 g/mol. The molecule has 3 rings (SSSR count). The van der Waals surface area contributed by atoms with Crippen molar-refractivity contribution in [3.8, 4) is 0 Å². The van der Waals surface area contributed by atoms with Crippen LogP contribution in [0.4, 0.5) is 11.4 Å². The maximum absolute atomic E-state index is 13.6. The van der Waals surface area contributed by atoms with Gasteiger partial charge in [0, 0.05) is 12.7 Å². The smallest absolute Gasteiger partial charge is 0.246 e. The van der Waals surface area contributed by atoms with Gasteiger partial charge in [0.25, 0.3) is 0 Å².